The molecule has 0 heterocycles. The number of benzene rings is 1. The average molecular weight is 312 g/mol. The molecule has 0 bridgehead atoms. The quantitative estimate of drug-likeness (QED) is 0.769. The van der Waals surface area contributed by atoms with Gasteiger partial charge in [0.1, 0.15) is 5.82 Å². The second kappa shape index (κ2) is 6.69. The smallest absolute Gasteiger partial charge is 0.240 e. The van der Waals surface area contributed by atoms with Gasteiger partial charge in [-0.25, -0.2) is 12.8 Å². The van der Waals surface area contributed by atoms with Gasteiger partial charge in [-0.15, -0.1) is 12.4 Å². The number of hydrogen-bond acceptors (Lipinski definition) is 4. The number of amides is 1. The van der Waals surface area contributed by atoms with Gasteiger partial charge in [0.2, 0.25) is 15.9 Å². The molecular weight excluding hydrogens is 297 g/mol. The van der Waals surface area contributed by atoms with Gasteiger partial charge in [-0.3, -0.25) is 9.52 Å². The maximum absolute atomic E-state index is 13.3. The summed E-state index contributed by atoms with van der Waals surface area (Å²) in [5.74, 6) is -1.19. The lowest BCUT2D eigenvalue weighted by Crippen LogP contribution is -2.32. The van der Waals surface area contributed by atoms with Crippen LogP contribution in [0.4, 0.5) is 15.8 Å². The second-order valence-electron chi connectivity index (χ2n) is 3.85. The van der Waals surface area contributed by atoms with E-state index in [4.69, 9.17) is 5.73 Å². The molecule has 0 aliphatic rings. The van der Waals surface area contributed by atoms with E-state index in [-0.39, 0.29) is 23.8 Å². The summed E-state index contributed by atoms with van der Waals surface area (Å²) in [5.41, 5.74) is 5.37. The average Bonchev–Trinajstić information content (AvgIpc) is 2.20. The van der Waals surface area contributed by atoms with Crippen LogP contribution in [-0.4, -0.2) is 26.6 Å². The fraction of sp³-hybridized carbons (Fsp3) is 0.300. The van der Waals surface area contributed by atoms with Crippen molar-refractivity contribution in [3.8, 4) is 0 Å². The van der Waals surface area contributed by atoms with E-state index in [2.05, 4.69) is 5.32 Å². The molecule has 6 nitrogen and oxygen atoms in total. The Morgan fingerprint density at radius 3 is 2.47 bits per heavy atom. The Morgan fingerprint density at radius 2 is 2.00 bits per heavy atom. The maximum atomic E-state index is 13.3. The van der Waals surface area contributed by atoms with E-state index >= 15 is 0 Å². The van der Waals surface area contributed by atoms with Crippen LogP contribution in [0.15, 0.2) is 18.2 Å². The number of hydrogen-bond donors (Lipinski definition) is 3. The molecule has 19 heavy (non-hydrogen) atoms. The third-order valence-electron chi connectivity index (χ3n) is 1.94. The van der Waals surface area contributed by atoms with Gasteiger partial charge < -0.3 is 11.1 Å². The summed E-state index contributed by atoms with van der Waals surface area (Å²) >= 11 is 0. The minimum atomic E-state index is -3.59. The van der Waals surface area contributed by atoms with Crippen molar-refractivity contribution in [1.29, 1.82) is 0 Å². The first-order valence-corrected chi connectivity index (χ1v) is 6.92. The van der Waals surface area contributed by atoms with E-state index in [1.54, 1.807) is 0 Å². The third-order valence-corrected chi connectivity index (χ3v) is 2.53. The summed E-state index contributed by atoms with van der Waals surface area (Å²) in [4.78, 5) is 11.3. The third kappa shape index (κ3) is 5.86. The molecule has 0 aliphatic carbocycles. The highest BCUT2D eigenvalue weighted by Gasteiger charge is 2.11. The number of anilines is 2. The van der Waals surface area contributed by atoms with Gasteiger partial charge in [0, 0.05) is 5.69 Å². The van der Waals surface area contributed by atoms with Crippen molar-refractivity contribution in [3.63, 3.8) is 0 Å². The lowest BCUT2D eigenvalue weighted by molar-refractivity contribution is -0.117. The van der Waals surface area contributed by atoms with Crippen LogP contribution in [0, 0.1) is 5.82 Å². The number of carbonyl (C=O) groups is 1. The fourth-order valence-corrected chi connectivity index (χ4v) is 1.69. The monoisotopic (exact) mass is 311 g/mol. The van der Waals surface area contributed by atoms with Crippen molar-refractivity contribution in [3.05, 3.63) is 24.0 Å². The van der Waals surface area contributed by atoms with Crippen molar-refractivity contribution >= 4 is 39.7 Å². The molecule has 0 unspecified atom stereocenters. The molecule has 1 aromatic carbocycles. The normalized spacial score (nSPS) is 12.2. The highest BCUT2D eigenvalue weighted by atomic mass is 35.5. The zero-order valence-corrected chi connectivity index (χ0v) is 11.9. The van der Waals surface area contributed by atoms with Crippen LogP contribution < -0.4 is 15.8 Å². The number of rotatable bonds is 4. The highest BCUT2D eigenvalue weighted by Crippen LogP contribution is 2.20. The Balaban J connectivity index is 0.00000324. The number of nitrogens with one attached hydrogen (secondary N) is 2. The molecule has 0 saturated carbocycles. The van der Waals surface area contributed by atoms with Gasteiger partial charge in [-0.05, 0) is 25.1 Å². The van der Waals surface area contributed by atoms with E-state index < -0.39 is 27.8 Å². The molecule has 0 radical (unpaired) electrons. The second-order valence-corrected chi connectivity index (χ2v) is 5.60. The van der Waals surface area contributed by atoms with E-state index in [0.717, 1.165) is 12.3 Å². The van der Waals surface area contributed by atoms with Crippen LogP contribution in [0.5, 0.6) is 0 Å². The van der Waals surface area contributed by atoms with Gasteiger partial charge in [0.15, 0.2) is 0 Å². The van der Waals surface area contributed by atoms with Gasteiger partial charge >= 0.3 is 0 Å². The summed E-state index contributed by atoms with van der Waals surface area (Å²) in [6.45, 7) is 1.49. The number of halogens is 2. The predicted molar refractivity (Wildman–Crippen MR) is 74.4 cm³/mol. The van der Waals surface area contributed by atoms with Crippen LogP contribution in [0.1, 0.15) is 6.92 Å². The van der Waals surface area contributed by atoms with Crippen LogP contribution in [0.25, 0.3) is 0 Å². The summed E-state index contributed by atoms with van der Waals surface area (Å²) in [7, 11) is -3.59. The lowest BCUT2D eigenvalue weighted by atomic mass is 10.2. The van der Waals surface area contributed by atoms with E-state index in [0.29, 0.717) is 0 Å². The number of nitrogens with two attached hydrogens (primary N) is 1. The Labute approximate surface area is 117 Å². The van der Waals surface area contributed by atoms with Crippen molar-refractivity contribution in [2.75, 3.05) is 16.3 Å². The van der Waals surface area contributed by atoms with Gasteiger partial charge in [-0.1, -0.05) is 0 Å². The number of sulfonamides is 1. The molecule has 1 aromatic rings. The molecular formula is C10H15ClFN3O3S. The van der Waals surface area contributed by atoms with Crippen molar-refractivity contribution in [2.45, 2.75) is 13.0 Å². The largest absolute Gasteiger partial charge is 0.325 e. The SMILES string of the molecule is C[C@H](N)C(=O)Nc1ccc(F)c(NS(C)(=O)=O)c1.Cl. The van der Waals surface area contributed by atoms with E-state index in [1.165, 1.54) is 19.1 Å². The lowest BCUT2D eigenvalue weighted by Gasteiger charge is -2.10. The Bertz CT molecular complexity index is 563. The summed E-state index contributed by atoms with van der Waals surface area (Å²) < 4.78 is 37.4. The van der Waals surface area contributed by atoms with Crippen LogP contribution in [0.2, 0.25) is 0 Å². The summed E-state index contributed by atoms with van der Waals surface area (Å²) in [5, 5.41) is 2.43. The summed E-state index contributed by atoms with van der Waals surface area (Å²) in [6.07, 6.45) is 0.902. The standard InChI is InChI=1S/C10H14FN3O3S.ClH/c1-6(12)10(15)13-7-3-4-8(11)9(5-7)14-18(2,16)17;/h3-6,14H,12H2,1-2H3,(H,13,15);1H/t6-;/m0./s1. The van der Waals surface area contributed by atoms with E-state index in [9.17, 15) is 17.6 Å². The molecule has 0 fully saturated rings. The predicted octanol–water partition coefficient (Wildman–Crippen LogP) is 0.905. The van der Waals surface area contributed by atoms with Crippen molar-refractivity contribution in [2.24, 2.45) is 5.73 Å². The zero-order valence-electron chi connectivity index (χ0n) is 10.3. The van der Waals surface area contributed by atoms with Crippen molar-refractivity contribution < 1.29 is 17.6 Å². The van der Waals surface area contributed by atoms with Crippen LogP contribution >= 0.6 is 12.4 Å². The molecule has 0 spiro atoms. The zero-order chi connectivity index (χ0) is 13.9. The Kier molecular flexibility index (Phi) is 6.20. The minimum absolute atomic E-state index is 0. The molecule has 0 saturated heterocycles. The molecule has 9 heteroatoms. The molecule has 0 aliphatic heterocycles. The Morgan fingerprint density at radius 1 is 1.42 bits per heavy atom. The van der Waals surface area contributed by atoms with Gasteiger partial charge in [0.25, 0.3) is 0 Å². The van der Waals surface area contributed by atoms with E-state index in [1.807, 2.05) is 4.72 Å². The fourth-order valence-electron chi connectivity index (χ4n) is 1.14. The molecule has 1 atom stereocenters. The van der Waals surface area contributed by atoms with Crippen LogP contribution in [-0.2, 0) is 14.8 Å². The molecule has 108 valence electrons. The highest BCUT2D eigenvalue weighted by molar-refractivity contribution is 7.92. The topological polar surface area (TPSA) is 101 Å². The maximum Gasteiger partial charge on any atom is 0.240 e. The summed E-state index contributed by atoms with van der Waals surface area (Å²) in [6, 6.07) is 2.81. The van der Waals surface area contributed by atoms with Crippen molar-refractivity contribution in [1.82, 2.24) is 0 Å². The van der Waals surface area contributed by atoms with Gasteiger partial charge in [0.05, 0.1) is 18.0 Å². The minimum Gasteiger partial charge on any atom is -0.325 e. The first-order chi connectivity index (χ1) is 8.19. The first kappa shape index (κ1) is 17.6. The molecule has 1 rings (SSSR count). The molecule has 0 aromatic heterocycles. The Hall–Kier alpha value is -1.38. The molecule has 1 amide bonds. The van der Waals surface area contributed by atoms with Crippen LogP contribution in [0.3, 0.4) is 0 Å². The molecule has 4 N–H and O–H groups in total. The first-order valence-electron chi connectivity index (χ1n) is 5.03. The van der Waals surface area contributed by atoms with Gasteiger partial charge in [-0.2, -0.15) is 0 Å². The number of carbonyl (C=O) groups excluding carboxylic acids is 1.